The van der Waals surface area contributed by atoms with Crippen LogP contribution in [0.1, 0.15) is 6.92 Å². The van der Waals surface area contributed by atoms with E-state index in [1.807, 2.05) is 0 Å². The molecule has 2 rings (SSSR count). The van der Waals surface area contributed by atoms with Crippen LogP contribution in [0.3, 0.4) is 0 Å². The Bertz CT molecular complexity index is 945. The van der Waals surface area contributed by atoms with Crippen LogP contribution in [0.25, 0.3) is 10.8 Å². The molecule has 2 aromatic rings. The molecule has 23 heavy (non-hydrogen) atoms. The van der Waals surface area contributed by atoms with E-state index in [-0.39, 0.29) is 52.7 Å². The Kier molecular flexibility index (Phi) is 6.08. The zero-order valence-electron chi connectivity index (χ0n) is 12.2. The fourth-order valence-corrected chi connectivity index (χ4v) is 3.04. The molecule has 3 N–H and O–H groups in total. The van der Waals surface area contributed by atoms with Crippen LogP contribution in [0, 0.1) is 0 Å². The van der Waals surface area contributed by atoms with Crippen molar-refractivity contribution in [2.45, 2.75) is 16.7 Å². The van der Waals surface area contributed by atoms with Crippen LogP contribution in [-0.2, 0) is 20.2 Å². The van der Waals surface area contributed by atoms with Gasteiger partial charge in [0.25, 0.3) is 20.2 Å². The molecule has 0 aliphatic carbocycles. The first-order valence-corrected chi connectivity index (χ1v) is 8.80. The summed E-state index contributed by atoms with van der Waals surface area (Å²) in [6.45, 7) is 1.76. The van der Waals surface area contributed by atoms with E-state index >= 15 is 0 Å². The van der Waals surface area contributed by atoms with Crippen LogP contribution in [0.2, 0.25) is 0 Å². The van der Waals surface area contributed by atoms with Gasteiger partial charge >= 0.3 is 29.6 Å². The Morgan fingerprint density at radius 2 is 1.43 bits per heavy atom. The van der Waals surface area contributed by atoms with Gasteiger partial charge in [-0.05, 0) is 24.4 Å². The number of hydrogen-bond acceptors (Lipinski definition) is 6. The molecule has 120 valence electrons. The van der Waals surface area contributed by atoms with Gasteiger partial charge in [0.2, 0.25) is 0 Å². The number of rotatable bonds is 4. The van der Waals surface area contributed by atoms with Crippen molar-refractivity contribution in [2.24, 2.45) is 0 Å². The monoisotopic (exact) mass is 371 g/mol. The van der Waals surface area contributed by atoms with Crippen LogP contribution < -0.4 is 34.3 Å². The molecular formula is C12H12NaO8S2+. The SMILES string of the molecule is CCOc1cc(S(=O)(=O)O)cc2cc(S(=O)(=O)O)cc(O)c12.[Na+]. The summed E-state index contributed by atoms with van der Waals surface area (Å²) in [7, 11) is -9.17. The molecule has 0 spiro atoms. The van der Waals surface area contributed by atoms with E-state index in [4.69, 9.17) is 13.8 Å². The fraction of sp³-hybridized carbons (Fsp3) is 0.167. The molecule has 0 amide bonds. The second-order valence-corrected chi connectivity index (χ2v) is 7.19. The summed E-state index contributed by atoms with van der Waals surface area (Å²) in [5.41, 5.74) is 0. The van der Waals surface area contributed by atoms with Crippen LogP contribution in [-0.4, -0.2) is 37.7 Å². The summed E-state index contributed by atoms with van der Waals surface area (Å²) >= 11 is 0. The Hall–Kier alpha value is -0.880. The summed E-state index contributed by atoms with van der Waals surface area (Å²) in [5, 5.41) is 9.97. The smallest absolute Gasteiger partial charge is 0.507 e. The van der Waals surface area contributed by atoms with Gasteiger partial charge in [-0.2, -0.15) is 16.8 Å². The van der Waals surface area contributed by atoms with Crippen LogP contribution >= 0.6 is 0 Å². The van der Waals surface area contributed by atoms with E-state index in [2.05, 4.69) is 0 Å². The Morgan fingerprint density at radius 1 is 0.957 bits per heavy atom. The topological polar surface area (TPSA) is 138 Å². The molecule has 0 aromatic heterocycles. The van der Waals surface area contributed by atoms with E-state index < -0.39 is 35.8 Å². The number of aromatic hydroxyl groups is 1. The Morgan fingerprint density at radius 3 is 1.87 bits per heavy atom. The summed E-state index contributed by atoms with van der Waals surface area (Å²) in [6, 6.07) is 3.74. The number of ether oxygens (including phenoxy) is 1. The number of phenolic OH excluding ortho intramolecular Hbond substituents is 1. The zero-order valence-corrected chi connectivity index (χ0v) is 15.8. The van der Waals surface area contributed by atoms with Crippen molar-refractivity contribution < 1.29 is 65.3 Å². The zero-order chi connectivity index (χ0) is 16.7. The molecule has 2 aromatic carbocycles. The summed E-state index contributed by atoms with van der Waals surface area (Å²) in [4.78, 5) is -1.15. The van der Waals surface area contributed by atoms with Crippen molar-refractivity contribution in [1.82, 2.24) is 0 Å². The van der Waals surface area contributed by atoms with Gasteiger partial charge in [-0.1, -0.05) is 0 Å². The summed E-state index contributed by atoms with van der Waals surface area (Å²) in [5.74, 6) is -0.567. The molecular weight excluding hydrogens is 359 g/mol. The predicted octanol–water partition coefficient (Wildman–Crippen LogP) is -1.56. The largest absolute Gasteiger partial charge is 1.00 e. The van der Waals surface area contributed by atoms with Gasteiger partial charge in [-0.15, -0.1) is 0 Å². The predicted molar refractivity (Wildman–Crippen MR) is 76.4 cm³/mol. The van der Waals surface area contributed by atoms with Crippen LogP contribution in [0.5, 0.6) is 11.5 Å². The van der Waals surface area contributed by atoms with Gasteiger partial charge in [0.05, 0.1) is 21.8 Å². The van der Waals surface area contributed by atoms with Crippen molar-refractivity contribution in [2.75, 3.05) is 6.61 Å². The van der Waals surface area contributed by atoms with E-state index in [1.165, 1.54) is 0 Å². The third-order valence-electron chi connectivity index (χ3n) is 2.83. The van der Waals surface area contributed by atoms with Gasteiger partial charge < -0.3 is 9.84 Å². The molecule has 0 radical (unpaired) electrons. The molecule has 11 heteroatoms. The molecule has 0 saturated heterocycles. The summed E-state index contributed by atoms with van der Waals surface area (Å²) in [6.07, 6.45) is 0. The average Bonchev–Trinajstić information content (AvgIpc) is 2.36. The Labute approximate surface area is 154 Å². The van der Waals surface area contributed by atoms with E-state index in [0.29, 0.717) is 0 Å². The standard InChI is InChI=1S/C12H12O8S2.Na/c1-2-20-11-6-9(22(17,18)19)4-7-3-8(21(14,15)16)5-10(13)12(7)11;/h3-6,13H,2H2,1H3,(H,14,15,16)(H,17,18,19);/q;+1. The van der Waals surface area contributed by atoms with E-state index in [9.17, 15) is 21.9 Å². The van der Waals surface area contributed by atoms with Crippen molar-refractivity contribution in [3.63, 3.8) is 0 Å². The maximum absolute atomic E-state index is 11.3. The first-order chi connectivity index (χ1) is 10.0. The number of phenols is 1. The summed E-state index contributed by atoms with van der Waals surface area (Å²) < 4.78 is 68.2. The van der Waals surface area contributed by atoms with Crippen molar-refractivity contribution in [3.05, 3.63) is 24.3 Å². The minimum atomic E-state index is -4.60. The van der Waals surface area contributed by atoms with Gasteiger partial charge in [0, 0.05) is 12.1 Å². The fourth-order valence-electron chi connectivity index (χ4n) is 1.97. The second kappa shape index (κ2) is 6.93. The number of hydrogen-bond donors (Lipinski definition) is 3. The minimum Gasteiger partial charge on any atom is -0.507 e. The van der Waals surface area contributed by atoms with E-state index in [1.54, 1.807) is 6.92 Å². The van der Waals surface area contributed by atoms with Gasteiger partial charge in [-0.25, -0.2) is 0 Å². The van der Waals surface area contributed by atoms with Crippen molar-refractivity contribution in [3.8, 4) is 11.5 Å². The van der Waals surface area contributed by atoms with Gasteiger partial charge in [0.1, 0.15) is 11.5 Å². The normalized spacial score (nSPS) is 12.0. The quantitative estimate of drug-likeness (QED) is 0.433. The molecule has 0 saturated carbocycles. The van der Waals surface area contributed by atoms with Crippen LogP contribution in [0.15, 0.2) is 34.1 Å². The van der Waals surface area contributed by atoms with E-state index in [0.717, 1.165) is 24.3 Å². The average molecular weight is 371 g/mol. The third-order valence-corrected chi connectivity index (χ3v) is 4.50. The second-order valence-electron chi connectivity index (χ2n) is 4.35. The maximum atomic E-state index is 11.3. The van der Waals surface area contributed by atoms with Crippen LogP contribution in [0.4, 0.5) is 0 Å². The molecule has 0 unspecified atom stereocenters. The number of fused-ring (bicyclic) bond motifs is 1. The first-order valence-electron chi connectivity index (χ1n) is 5.92. The molecule has 0 heterocycles. The van der Waals surface area contributed by atoms with Crippen molar-refractivity contribution in [1.29, 1.82) is 0 Å². The number of benzene rings is 2. The first kappa shape index (κ1) is 20.2. The molecule has 0 aliphatic rings. The van der Waals surface area contributed by atoms with Gasteiger partial charge in [0.15, 0.2) is 0 Å². The molecule has 0 atom stereocenters. The Balaban J connectivity index is 0.00000264. The minimum absolute atomic E-state index is 0. The van der Waals surface area contributed by atoms with Crippen molar-refractivity contribution >= 4 is 31.0 Å². The van der Waals surface area contributed by atoms with Gasteiger partial charge in [-0.3, -0.25) is 9.11 Å². The molecule has 0 aliphatic heterocycles. The molecule has 0 bridgehead atoms. The molecule has 8 nitrogen and oxygen atoms in total. The molecule has 0 fully saturated rings. The maximum Gasteiger partial charge on any atom is 1.00 e. The third kappa shape index (κ3) is 4.35.